The lowest BCUT2D eigenvalue weighted by molar-refractivity contribution is -0.142. The topological polar surface area (TPSA) is 421 Å². The first-order valence-electron chi connectivity index (χ1n) is 16.6. The first-order valence-corrected chi connectivity index (χ1v) is 22.1. The summed E-state index contributed by atoms with van der Waals surface area (Å²) in [6, 6.07) is 0. The summed E-state index contributed by atoms with van der Waals surface area (Å²) in [7, 11) is -16.5. The Morgan fingerprint density at radius 3 is 2.31 bits per heavy atom. The molecule has 8 atom stereocenters. The molecule has 1 aliphatic heterocycles. The van der Waals surface area contributed by atoms with E-state index in [0.29, 0.717) is 0 Å². The van der Waals surface area contributed by atoms with Gasteiger partial charge in [0.15, 0.2) is 22.8 Å². The zero-order chi connectivity index (χ0) is 43.9. The van der Waals surface area contributed by atoms with Crippen molar-refractivity contribution in [2.75, 3.05) is 37.8 Å². The van der Waals surface area contributed by atoms with Crippen molar-refractivity contribution in [1.82, 2.24) is 30.2 Å². The van der Waals surface area contributed by atoms with Crippen LogP contribution >= 0.6 is 35.2 Å². The Hall–Kier alpha value is -3.01. The molecule has 31 heteroatoms. The molecule has 58 heavy (non-hydrogen) atoms. The number of carbonyl (C=O) groups is 4. The highest BCUT2D eigenvalue weighted by Gasteiger charge is 2.50. The van der Waals surface area contributed by atoms with E-state index < -0.39 is 114 Å². The number of amides is 2. The molecule has 3 rings (SSSR count). The van der Waals surface area contributed by atoms with Crippen molar-refractivity contribution in [3.63, 3.8) is 0 Å². The number of phosphoric acid groups is 3. The largest absolute Gasteiger partial charge is 0.481 e. The number of aliphatic hydroxyl groups excluding tert-OH is 2. The van der Waals surface area contributed by atoms with Gasteiger partial charge < -0.3 is 61.1 Å². The molecule has 0 aliphatic carbocycles. The number of nitrogens with two attached hydrogens (primary N) is 1. The molecule has 328 valence electrons. The lowest BCUT2D eigenvalue weighted by Crippen LogP contribution is -2.46. The minimum Gasteiger partial charge on any atom is -0.481 e. The Morgan fingerprint density at radius 1 is 1.02 bits per heavy atom. The van der Waals surface area contributed by atoms with Crippen LogP contribution in [0.3, 0.4) is 0 Å². The molecular formula is C27H44N7O20P3S. The second-order valence-corrected chi connectivity index (χ2v) is 18.9. The lowest BCUT2D eigenvalue weighted by Gasteiger charge is -2.30. The summed E-state index contributed by atoms with van der Waals surface area (Å²) in [5.41, 5.74) is 2.44. The van der Waals surface area contributed by atoms with Crippen molar-refractivity contribution in [2.24, 2.45) is 5.41 Å². The minimum atomic E-state index is -5.60. The van der Waals surface area contributed by atoms with Gasteiger partial charge in [-0.25, -0.2) is 28.6 Å². The van der Waals surface area contributed by atoms with Gasteiger partial charge in [0.1, 0.15) is 36.3 Å². The van der Waals surface area contributed by atoms with Crippen molar-refractivity contribution in [3.05, 3.63) is 12.7 Å². The SMILES string of the molecule is CC(C)(COP(=O)(O)OP(=O)(O)OC[C@H]1O[C@@H](n2cnc3c(N)ncnc32)[C@H](O)[C@@H]1OP(=O)(O)O)[C@H](O)C(=O)NCCC(=O)NCCSC(=O)C[C@@](C)(O)CC(=O)O. The van der Waals surface area contributed by atoms with Crippen molar-refractivity contribution in [1.29, 1.82) is 0 Å². The Labute approximate surface area is 332 Å². The zero-order valence-corrected chi connectivity index (χ0v) is 34.3. The van der Waals surface area contributed by atoms with Gasteiger partial charge in [-0.1, -0.05) is 25.6 Å². The maximum absolute atomic E-state index is 12.7. The number of carbonyl (C=O) groups excluding carboxylic acids is 3. The predicted molar refractivity (Wildman–Crippen MR) is 195 cm³/mol. The van der Waals surface area contributed by atoms with Crippen LogP contribution in [0.25, 0.3) is 11.2 Å². The predicted octanol–water partition coefficient (Wildman–Crippen LogP) is -1.72. The molecule has 2 aromatic rings. The number of aliphatic carboxylic acids is 1. The summed E-state index contributed by atoms with van der Waals surface area (Å²) in [4.78, 5) is 98.2. The number of hydrogen-bond acceptors (Lipinski definition) is 20. The molecule has 3 heterocycles. The van der Waals surface area contributed by atoms with Crippen LogP contribution in [-0.2, 0) is 55.5 Å². The number of nitrogens with one attached hydrogen (secondary N) is 2. The zero-order valence-electron chi connectivity index (χ0n) is 30.8. The van der Waals surface area contributed by atoms with Gasteiger partial charge in [0.2, 0.25) is 11.8 Å². The highest BCUT2D eigenvalue weighted by molar-refractivity contribution is 8.13. The second kappa shape index (κ2) is 20.0. The number of thioether (sulfide) groups is 1. The van der Waals surface area contributed by atoms with Crippen LogP contribution < -0.4 is 16.4 Å². The van der Waals surface area contributed by atoms with Gasteiger partial charge in [-0.15, -0.1) is 0 Å². The number of fused-ring (bicyclic) bond motifs is 1. The van der Waals surface area contributed by atoms with Crippen molar-refractivity contribution < 1.29 is 95.5 Å². The molecule has 2 unspecified atom stereocenters. The van der Waals surface area contributed by atoms with Crippen LogP contribution in [0, 0.1) is 5.41 Å². The monoisotopic (exact) mass is 911 g/mol. The van der Waals surface area contributed by atoms with Crippen LogP contribution in [0.15, 0.2) is 12.7 Å². The molecule has 27 nitrogen and oxygen atoms in total. The first-order chi connectivity index (χ1) is 26.6. The third-order valence-electron chi connectivity index (χ3n) is 7.82. The number of nitrogen functional groups attached to an aromatic ring is 1. The van der Waals surface area contributed by atoms with Crippen LogP contribution in [0.1, 0.15) is 46.3 Å². The first kappa shape index (κ1) is 49.4. The number of phosphoric ester groups is 3. The Balaban J connectivity index is 1.47. The number of aliphatic hydroxyl groups is 3. The van der Waals surface area contributed by atoms with Crippen molar-refractivity contribution in [2.45, 2.75) is 76.3 Å². The van der Waals surface area contributed by atoms with E-state index >= 15 is 0 Å². The van der Waals surface area contributed by atoms with Crippen LogP contribution in [0.2, 0.25) is 0 Å². The summed E-state index contributed by atoms with van der Waals surface area (Å²) < 4.78 is 62.0. The van der Waals surface area contributed by atoms with Gasteiger partial charge in [0, 0.05) is 37.1 Å². The van der Waals surface area contributed by atoms with Crippen LogP contribution in [0.5, 0.6) is 0 Å². The lowest BCUT2D eigenvalue weighted by atomic mass is 9.87. The molecule has 2 aromatic heterocycles. The fraction of sp³-hybridized carbons (Fsp3) is 0.667. The van der Waals surface area contributed by atoms with Gasteiger partial charge in [-0.2, -0.15) is 4.31 Å². The third-order valence-corrected chi connectivity index (χ3v) is 11.8. The van der Waals surface area contributed by atoms with Gasteiger partial charge >= 0.3 is 29.4 Å². The van der Waals surface area contributed by atoms with Crippen molar-refractivity contribution in [3.8, 4) is 0 Å². The Morgan fingerprint density at radius 2 is 1.67 bits per heavy atom. The number of nitrogens with zero attached hydrogens (tertiary/aromatic N) is 4. The van der Waals surface area contributed by atoms with Gasteiger partial charge in [-0.05, 0) is 6.92 Å². The summed E-state index contributed by atoms with van der Waals surface area (Å²) in [6.45, 7) is 1.29. The van der Waals surface area contributed by atoms with E-state index in [-0.39, 0.29) is 42.2 Å². The fourth-order valence-corrected chi connectivity index (χ4v) is 8.72. The molecular weight excluding hydrogens is 867 g/mol. The average molecular weight is 912 g/mol. The summed E-state index contributed by atoms with van der Waals surface area (Å²) >= 11 is 0.771. The van der Waals surface area contributed by atoms with Gasteiger partial charge in [0.25, 0.3) is 0 Å². The number of ether oxygens (including phenoxy) is 1. The van der Waals surface area contributed by atoms with Crippen LogP contribution in [0.4, 0.5) is 5.82 Å². The Kier molecular flexibility index (Phi) is 17.0. The van der Waals surface area contributed by atoms with E-state index in [1.54, 1.807) is 0 Å². The normalized spacial score (nSPS) is 22.4. The van der Waals surface area contributed by atoms with Crippen LogP contribution in [-0.4, -0.2) is 144 Å². The number of hydrogen-bond donors (Lipinski definition) is 11. The molecule has 2 amide bonds. The number of carboxylic acid groups (broad SMARTS) is 1. The highest BCUT2D eigenvalue weighted by atomic mass is 32.2. The number of imidazole rings is 1. The minimum absolute atomic E-state index is 0.0147. The summed E-state index contributed by atoms with van der Waals surface area (Å²) in [5, 5.41) is 44.4. The Bertz CT molecular complexity index is 1950. The molecule has 0 aromatic carbocycles. The molecule has 0 bridgehead atoms. The summed E-state index contributed by atoms with van der Waals surface area (Å²) in [5.74, 6) is -2.81. The maximum Gasteiger partial charge on any atom is 0.481 e. The highest BCUT2D eigenvalue weighted by Crippen LogP contribution is 2.61. The van der Waals surface area contributed by atoms with Gasteiger partial charge in [-0.3, -0.25) is 37.3 Å². The average Bonchev–Trinajstić information content (AvgIpc) is 3.63. The smallest absolute Gasteiger partial charge is 0.481 e. The maximum atomic E-state index is 12.7. The molecule has 0 radical (unpaired) electrons. The summed E-state index contributed by atoms with van der Waals surface area (Å²) in [6.07, 6.45) is -8.22. The van der Waals surface area contributed by atoms with E-state index in [1.165, 1.54) is 20.8 Å². The standard InChI is InChI=1S/C27H44N7O20P3S/c1-26(2,21(40)24(41)30-5-4-15(35)29-6-7-58-17(38)9-27(3,42)8-16(36)37)11-51-57(48,49)54-56(46,47)50-10-14-20(53-55(43,44)45)19(39)25(52-14)34-13-33-18-22(28)31-12-32-23(18)34/h12-14,19-21,25,39-40,42H,4-11H2,1-3H3,(H,29,35)(H,30,41)(H,36,37)(H,46,47)(H,48,49)(H2,28,31,32)(H2,43,44,45)/t14-,19-,20-,21-,25-,27+/m1/s1. The fourth-order valence-electron chi connectivity index (χ4n) is 5.05. The van der Waals surface area contributed by atoms with E-state index in [0.717, 1.165) is 29.0 Å². The number of rotatable bonds is 23. The van der Waals surface area contributed by atoms with E-state index in [4.69, 9.17) is 24.6 Å². The van der Waals surface area contributed by atoms with Gasteiger partial charge in [0.05, 0.1) is 31.6 Å². The molecule has 1 aliphatic rings. The number of anilines is 1. The number of aromatic nitrogens is 4. The van der Waals surface area contributed by atoms with Crippen molar-refractivity contribution >= 4 is 75.1 Å². The van der Waals surface area contributed by atoms with E-state index in [2.05, 4.69) is 34.4 Å². The molecule has 0 spiro atoms. The molecule has 12 N–H and O–H groups in total. The second-order valence-electron chi connectivity index (χ2n) is 13.5. The number of carboxylic acids is 1. The molecule has 1 fully saturated rings. The van der Waals surface area contributed by atoms with E-state index in [9.17, 15) is 67.8 Å². The third kappa shape index (κ3) is 15.2. The molecule has 1 saturated heterocycles. The quantitative estimate of drug-likeness (QED) is 0.0436. The van der Waals surface area contributed by atoms with E-state index in [1.807, 2.05) is 0 Å². The molecule has 0 saturated carbocycles.